The first-order chi connectivity index (χ1) is 8.43. The van der Waals surface area contributed by atoms with Crippen LogP contribution >= 0.6 is 0 Å². The molecule has 2 N–H and O–H groups in total. The van der Waals surface area contributed by atoms with Crippen molar-refractivity contribution in [2.45, 2.75) is 45.7 Å². The maximum absolute atomic E-state index is 12.1. The number of carbonyl (C=O) groups is 1. The first kappa shape index (κ1) is 13.1. The summed E-state index contributed by atoms with van der Waals surface area (Å²) in [5.41, 5.74) is 8.20. The zero-order valence-electron chi connectivity index (χ0n) is 11.6. The van der Waals surface area contributed by atoms with E-state index in [9.17, 15) is 4.79 Å². The summed E-state index contributed by atoms with van der Waals surface area (Å²) in [7, 11) is 0. The van der Waals surface area contributed by atoms with Gasteiger partial charge in [0.25, 0.3) is 0 Å². The van der Waals surface area contributed by atoms with Crippen LogP contribution in [0.2, 0.25) is 0 Å². The van der Waals surface area contributed by atoms with Crippen LogP contribution in [-0.4, -0.2) is 11.4 Å². The molecule has 1 aliphatic rings. The van der Waals surface area contributed by atoms with Crippen LogP contribution in [0, 0.1) is 5.92 Å². The maximum atomic E-state index is 12.1. The van der Waals surface area contributed by atoms with Crippen LogP contribution in [0.3, 0.4) is 0 Å². The minimum atomic E-state index is -0.209. The predicted octanol–water partition coefficient (Wildman–Crippen LogP) is 2.86. The first-order valence-corrected chi connectivity index (χ1v) is 6.58. The smallest absolute Gasteiger partial charge is 0.224 e. The molecular weight excluding hydrogens is 224 g/mol. The average molecular weight is 246 g/mol. The van der Waals surface area contributed by atoms with Crippen molar-refractivity contribution in [2.24, 2.45) is 11.7 Å². The molecule has 3 unspecified atom stereocenters. The third-order valence-electron chi connectivity index (χ3n) is 4.60. The second-order valence-electron chi connectivity index (χ2n) is 5.44. The number of nitrogens with two attached hydrogens (primary N) is 1. The number of rotatable bonds is 1. The van der Waals surface area contributed by atoms with E-state index in [2.05, 4.69) is 20.8 Å². The lowest BCUT2D eigenvalue weighted by Crippen LogP contribution is -2.58. The van der Waals surface area contributed by atoms with Gasteiger partial charge in [-0.3, -0.25) is 4.79 Å². The third kappa shape index (κ3) is 1.65. The molecule has 1 heterocycles. The number of carbonyl (C=O) groups excluding carboxylic acids is 1. The van der Waals surface area contributed by atoms with Crippen molar-refractivity contribution in [1.82, 2.24) is 0 Å². The first-order valence-electron chi connectivity index (χ1n) is 6.58. The average Bonchev–Trinajstić information content (AvgIpc) is 2.36. The van der Waals surface area contributed by atoms with Crippen LogP contribution in [-0.2, 0) is 4.79 Å². The van der Waals surface area contributed by atoms with Crippen LogP contribution in [0.25, 0.3) is 0 Å². The molecule has 3 nitrogen and oxygen atoms in total. The van der Waals surface area contributed by atoms with E-state index in [0.29, 0.717) is 0 Å². The van der Waals surface area contributed by atoms with Gasteiger partial charge >= 0.3 is 0 Å². The Morgan fingerprint density at radius 1 is 1.44 bits per heavy atom. The fourth-order valence-corrected chi connectivity index (χ4v) is 3.12. The Kier molecular flexibility index (Phi) is 3.20. The monoisotopic (exact) mass is 246 g/mol. The van der Waals surface area contributed by atoms with Crippen LogP contribution in [0.15, 0.2) is 24.3 Å². The van der Waals surface area contributed by atoms with Gasteiger partial charge in [0.1, 0.15) is 0 Å². The second kappa shape index (κ2) is 4.39. The molecule has 0 saturated heterocycles. The zero-order valence-corrected chi connectivity index (χ0v) is 11.6. The Hall–Kier alpha value is -1.35. The maximum Gasteiger partial charge on any atom is 0.224 e. The lowest BCUT2D eigenvalue weighted by molar-refractivity contribution is -0.118. The van der Waals surface area contributed by atoms with Crippen molar-refractivity contribution in [1.29, 1.82) is 0 Å². The van der Waals surface area contributed by atoms with Crippen molar-refractivity contribution in [2.75, 3.05) is 4.90 Å². The van der Waals surface area contributed by atoms with E-state index in [1.165, 1.54) is 0 Å². The number of fused-ring (bicyclic) bond motifs is 1. The number of hydrogen-bond acceptors (Lipinski definition) is 2. The van der Waals surface area contributed by atoms with Crippen LogP contribution in [0.4, 0.5) is 5.69 Å². The van der Waals surface area contributed by atoms with Gasteiger partial charge in [-0.25, -0.2) is 0 Å². The van der Waals surface area contributed by atoms with Gasteiger partial charge in [0.15, 0.2) is 0 Å². The van der Waals surface area contributed by atoms with E-state index < -0.39 is 0 Å². The van der Waals surface area contributed by atoms with E-state index >= 15 is 0 Å². The molecule has 1 aliphatic heterocycles. The molecule has 1 amide bonds. The van der Waals surface area contributed by atoms with E-state index in [-0.39, 0.29) is 23.4 Å². The molecule has 0 radical (unpaired) electrons. The predicted molar refractivity (Wildman–Crippen MR) is 74.4 cm³/mol. The highest BCUT2D eigenvalue weighted by atomic mass is 16.2. The number of anilines is 1. The van der Waals surface area contributed by atoms with E-state index in [4.69, 9.17) is 5.73 Å². The second-order valence-corrected chi connectivity index (χ2v) is 5.44. The third-order valence-corrected chi connectivity index (χ3v) is 4.60. The van der Waals surface area contributed by atoms with Crippen LogP contribution < -0.4 is 10.6 Å². The quantitative estimate of drug-likeness (QED) is 0.828. The van der Waals surface area contributed by atoms with Crippen LogP contribution in [0.1, 0.15) is 45.7 Å². The summed E-state index contributed by atoms with van der Waals surface area (Å²) in [5, 5.41) is 0. The van der Waals surface area contributed by atoms with Crippen molar-refractivity contribution in [3.05, 3.63) is 29.8 Å². The molecule has 0 saturated carbocycles. The molecule has 0 aliphatic carbocycles. The Labute approximate surface area is 109 Å². The fraction of sp³-hybridized carbons (Fsp3) is 0.533. The Balaban J connectivity index is 2.66. The Bertz CT molecular complexity index is 471. The normalized spacial score (nSPS) is 31.1. The summed E-state index contributed by atoms with van der Waals surface area (Å²) in [5.74, 6) is 0.326. The highest BCUT2D eigenvalue weighted by molar-refractivity contribution is 5.94. The number of para-hydroxylation sites is 1. The van der Waals surface area contributed by atoms with E-state index in [1.807, 2.05) is 29.2 Å². The molecule has 1 aromatic carbocycles. The molecule has 0 aromatic heterocycles. The van der Waals surface area contributed by atoms with Gasteiger partial charge in [0.2, 0.25) is 5.91 Å². The molecular formula is C15H22N2O. The number of amides is 1. The number of hydrogen-bond donors (Lipinski definition) is 1. The minimum absolute atomic E-state index is 0.0123. The fourth-order valence-electron chi connectivity index (χ4n) is 3.12. The molecule has 18 heavy (non-hydrogen) atoms. The molecule has 3 heteroatoms. The van der Waals surface area contributed by atoms with Gasteiger partial charge < -0.3 is 10.6 Å². The summed E-state index contributed by atoms with van der Waals surface area (Å²) >= 11 is 0. The van der Waals surface area contributed by atoms with Gasteiger partial charge in [0, 0.05) is 24.2 Å². The lowest BCUT2D eigenvalue weighted by atomic mass is 9.72. The summed E-state index contributed by atoms with van der Waals surface area (Å²) in [6, 6.07) is 7.96. The zero-order chi connectivity index (χ0) is 13.5. The molecule has 2 rings (SSSR count). The van der Waals surface area contributed by atoms with Crippen molar-refractivity contribution >= 4 is 11.6 Å². The highest BCUT2D eigenvalue weighted by Crippen LogP contribution is 2.46. The standard InChI is InChI=1S/C15H22N2O/c1-5-15(4)10(2)14(16)12-8-6-7-9-13(12)17(15)11(3)18/h6-10,14H,5,16H2,1-4H3. The summed E-state index contributed by atoms with van der Waals surface area (Å²) < 4.78 is 0. The largest absolute Gasteiger partial charge is 0.324 e. The van der Waals surface area contributed by atoms with Crippen molar-refractivity contribution < 1.29 is 4.79 Å². The molecule has 1 aromatic rings. The highest BCUT2D eigenvalue weighted by Gasteiger charge is 2.46. The SMILES string of the molecule is CCC1(C)C(C)C(N)c2ccccc2N1C(C)=O. The topological polar surface area (TPSA) is 46.3 Å². The minimum Gasteiger partial charge on any atom is -0.324 e. The van der Waals surface area contributed by atoms with E-state index in [0.717, 1.165) is 17.7 Å². The summed E-state index contributed by atoms with van der Waals surface area (Å²) in [4.78, 5) is 14.0. The van der Waals surface area contributed by atoms with Crippen molar-refractivity contribution in [3.8, 4) is 0 Å². The van der Waals surface area contributed by atoms with Gasteiger partial charge in [-0.15, -0.1) is 0 Å². The Morgan fingerprint density at radius 3 is 2.61 bits per heavy atom. The lowest BCUT2D eigenvalue weighted by Gasteiger charge is -2.51. The van der Waals surface area contributed by atoms with Gasteiger partial charge in [0.05, 0.1) is 0 Å². The molecule has 3 atom stereocenters. The number of nitrogens with zero attached hydrogens (tertiary/aromatic N) is 1. The molecule has 0 bridgehead atoms. The van der Waals surface area contributed by atoms with Crippen LogP contribution in [0.5, 0.6) is 0 Å². The summed E-state index contributed by atoms with van der Waals surface area (Å²) in [6.45, 7) is 8.02. The van der Waals surface area contributed by atoms with E-state index in [1.54, 1.807) is 6.92 Å². The molecule has 98 valence electrons. The van der Waals surface area contributed by atoms with Gasteiger partial charge in [-0.1, -0.05) is 32.0 Å². The number of benzene rings is 1. The van der Waals surface area contributed by atoms with Gasteiger partial charge in [-0.05, 0) is 30.9 Å². The molecule has 0 spiro atoms. The van der Waals surface area contributed by atoms with Gasteiger partial charge in [-0.2, -0.15) is 0 Å². The molecule has 0 fully saturated rings. The summed E-state index contributed by atoms with van der Waals surface area (Å²) in [6.07, 6.45) is 0.899. The van der Waals surface area contributed by atoms with Crippen molar-refractivity contribution in [3.63, 3.8) is 0 Å². The Morgan fingerprint density at radius 2 is 2.06 bits per heavy atom.